The number of nitrogens with one attached hydrogen (secondary N) is 2. The fraction of sp³-hybridized carbons (Fsp3) is 0.417. The predicted molar refractivity (Wildman–Crippen MR) is 119 cm³/mol. The lowest BCUT2D eigenvalue weighted by Crippen LogP contribution is -2.40. The topological polar surface area (TPSA) is 101 Å². The van der Waals surface area contributed by atoms with E-state index in [1.165, 1.54) is 12.7 Å². The summed E-state index contributed by atoms with van der Waals surface area (Å²) in [5.41, 5.74) is 2.57. The Balaban J connectivity index is 1.35. The number of carbonyl (C=O) groups excluding carboxylic acids is 3. The Morgan fingerprint density at radius 1 is 1.22 bits per heavy atom. The Morgan fingerprint density at radius 2 is 2.03 bits per heavy atom. The van der Waals surface area contributed by atoms with Crippen molar-refractivity contribution in [2.45, 2.75) is 31.7 Å². The van der Waals surface area contributed by atoms with Gasteiger partial charge in [-0.1, -0.05) is 36.4 Å². The zero-order chi connectivity index (χ0) is 22.5. The van der Waals surface area contributed by atoms with Crippen molar-refractivity contribution in [2.75, 3.05) is 32.1 Å². The Kier molecular flexibility index (Phi) is 6.68. The number of nitrogens with zero attached hydrogens (tertiary/aromatic N) is 2. The van der Waals surface area contributed by atoms with Crippen molar-refractivity contribution < 1.29 is 19.1 Å². The average Bonchev–Trinajstić information content (AvgIpc) is 3.33. The fourth-order valence-corrected chi connectivity index (χ4v) is 4.24. The highest BCUT2D eigenvalue weighted by molar-refractivity contribution is 5.88. The number of rotatable bonds is 6. The molecule has 168 valence electrons. The summed E-state index contributed by atoms with van der Waals surface area (Å²) in [5.74, 6) is -0.322. The second kappa shape index (κ2) is 9.80. The number of carbonyl (C=O) groups is 3. The van der Waals surface area contributed by atoms with Crippen molar-refractivity contribution in [2.24, 2.45) is 5.92 Å². The lowest BCUT2D eigenvalue weighted by molar-refractivity contribution is -0.145. The van der Waals surface area contributed by atoms with Gasteiger partial charge in [0.15, 0.2) is 6.04 Å². The number of fused-ring (bicyclic) bond motifs is 1. The molecule has 8 nitrogen and oxygen atoms in total. The van der Waals surface area contributed by atoms with E-state index in [4.69, 9.17) is 4.74 Å². The minimum Gasteiger partial charge on any atom is -0.467 e. The minimum absolute atomic E-state index is 0.0452. The number of hydrogen-bond donors (Lipinski definition) is 2. The third-order valence-electron chi connectivity index (χ3n) is 6.05. The van der Waals surface area contributed by atoms with Crippen molar-refractivity contribution >= 4 is 23.6 Å². The van der Waals surface area contributed by atoms with Crippen LogP contribution in [0.15, 0.2) is 42.5 Å². The predicted octanol–water partition coefficient (Wildman–Crippen LogP) is 1.86. The van der Waals surface area contributed by atoms with Gasteiger partial charge in [0.2, 0.25) is 11.8 Å². The minimum atomic E-state index is -0.870. The molecule has 1 aromatic heterocycles. The number of pyridine rings is 1. The maximum absolute atomic E-state index is 12.9. The van der Waals surface area contributed by atoms with Crippen molar-refractivity contribution in [1.82, 2.24) is 15.2 Å². The van der Waals surface area contributed by atoms with Crippen LogP contribution in [0, 0.1) is 5.92 Å². The Bertz CT molecular complexity index is 995. The number of aryl methyl sites for hydroxylation is 1. The molecular weight excluding hydrogens is 408 g/mol. The molecule has 0 radical (unpaired) electrons. The molecule has 8 heteroatoms. The largest absolute Gasteiger partial charge is 0.467 e. The second-order valence-corrected chi connectivity index (χ2v) is 8.22. The molecule has 2 unspecified atom stereocenters. The number of ether oxygens (including phenoxy) is 1. The first-order valence-electron chi connectivity index (χ1n) is 11.0. The average molecular weight is 437 g/mol. The first-order valence-corrected chi connectivity index (χ1v) is 11.0. The van der Waals surface area contributed by atoms with Crippen molar-refractivity contribution in [3.8, 4) is 0 Å². The van der Waals surface area contributed by atoms with Gasteiger partial charge in [0.25, 0.3) is 0 Å². The molecule has 1 aromatic carbocycles. The molecule has 0 saturated carbocycles. The third-order valence-corrected chi connectivity index (χ3v) is 6.05. The maximum Gasteiger partial charge on any atom is 0.333 e. The van der Waals surface area contributed by atoms with Crippen LogP contribution in [0.4, 0.5) is 5.82 Å². The molecule has 2 N–H and O–H groups in total. The molecule has 32 heavy (non-hydrogen) atoms. The van der Waals surface area contributed by atoms with Crippen LogP contribution in [0.1, 0.15) is 35.7 Å². The van der Waals surface area contributed by atoms with E-state index in [0.717, 1.165) is 30.9 Å². The number of methoxy groups -OCH3 is 1. The molecule has 2 atom stereocenters. The normalized spacial score (nSPS) is 18.3. The van der Waals surface area contributed by atoms with Crippen molar-refractivity contribution in [3.05, 3.63) is 59.3 Å². The summed E-state index contributed by atoms with van der Waals surface area (Å²) in [6.07, 6.45) is 2.85. The molecule has 0 spiro atoms. The summed E-state index contributed by atoms with van der Waals surface area (Å²) in [4.78, 5) is 44.2. The van der Waals surface area contributed by atoms with Gasteiger partial charge in [0, 0.05) is 19.6 Å². The standard InChI is InChI=1S/C24H28N4O4/c1-32-24(31)21(16-6-3-2-4-7-16)27-23(30)18-11-13-28(15-18)20(29)14-19-10-9-17-8-5-12-25-22(17)26-19/h2-4,6-7,9-10,18,21H,5,8,11-15H2,1H3,(H,25,26)(H,27,30). The maximum atomic E-state index is 12.9. The highest BCUT2D eigenvalue weighted by Crippen LogP contribution is 2.23. The van der Waals surface area contributed by atoms with Gasteiger partial charge in [-0.15, -0.1) is 0 Å². The van der Waals surface area contributed by atoms with Crippen LogP contribution in [-0.2, 0) is 32.0 Å². The van der Waals surface area contributed by atoms with Crippen LogP contribution >= 0.6 is 0 Å². The molecular formula is C24H28N4O4. The molecule has 1 saturated heterocycles. The van der Waals surface area contributed by atoms with Crippen LogP contribution in [0.25, 0.3) is 0 Å². The fourth-order valence-electron chi connectivity index (χ4n) is 4.24. The molecule has 2 aromatic rings. The summed E-state index contributed by atoms with van der Waals surface area (Å²) >= 11 is 0. The van der Waals surface area contributed by atoms with E-state index >= 15 is 0 Å². The van der Waals surface area contributed by atoms with Crippen LogP contribution in [0.5, 0.6) is 0 Å². The van der Waals surface area contributed by atoms with Crippen LogP contribution in [0.2, 0.25) is 0 Å². The quantitative estimate of drug-likeness (QED) is 0.671. The smallest absolute Gasteiger partial charge is 0.333 e. The van der Waals surface area contributed by atoms with Gasteiger partial charge in [-0.05, 0) is 36.5 Å². The van der Waals surface area contributed by atoms with Gasteiger partial charge in [0.05, 0.1) is 25.1 Å². The lowest BCUT2D eigenvalue weighted by atomic mass is 10.0. The van der Waals surface area contributed by atoms with Gasteiger partial charge in [-0.3, -0.25) is 9.59 Å². The summed E-state index contributed by atoms with van der Waals surface area (Å²) < 4.78 is 4.87. The molecule has 4 rings (SSSR count). The van der Waals surface area contributed by atoms with Crippen LogP contribution in [0.3, 0.4) is 0 Å². The Hall–Kier alpha value is -3.42. The van der Waals surface area contributed by atoms with E-state index < -0.39 is 12.0 Å². The monoisotopic (exact) mass is 436 g/mol. The van der Waals surface area contributed by atoms with Crippen LogP contribution < -0.4 is 10.6 Å². The molecule has 2 aliphatic heterocycles. The van der Waals surface area contributed by atoms with E-state index in [-0.39, 0.29) is 24.2 Å². The number of hydrogen-bond acceptors (Lipinski definition) is 6. The van der Waals surface area contributed by atoms with E-state index in [9.17, 15) is 14.4 Å². The summed E-state index contributed by atoms with van der Waals surface area (Å²) in [5, 5.41) is 6.08. The Morgan fingerprint density at radius 3 is 2.81 bits per heavy atom. The number of benzene rings is 1. The summed E-state index contributed by atoms with van der Waals surface area (Å²) in [7, 11) is 1.30. The molecule has 0 bridgehead atoms. The lowest BCUT2D eigenvalue weighted by Gasteiger charge is -2.20. The zero-order valence-electron chi connectivity index (χ0n) is 18.2. The van der Waals surface area contributed by atoms with E-state index in [1.807, 2.05) is 18.2 Å². The number of likely N-dealkylation sites (tertiary alicyclic amines) is 1. The molecule has 2 aliphatic rings. The Labute approximate surface area is 187 Å². The first kappa shape index (κ1) is 21.8. The summed E-state index contributed by atoms with van der Waals surface area (Å²) in [6.45, 7) is 1.74. The highest BCUT2D eigenvalue weighted by atomic mass is 16.5. The van der Waals surface area contributed by atoms with Gasteiger partial charge < -0.3 is 20.3 Å². The van der Waals surface area contributed by atoms with Crippen molar-refractivity contribution in [1.29, 1.82) is 0 Å². The number of amides is 2. The van der Waals surface area contributed by atoms with Gasteiger partial charge in [-0.25, -0.2) is 9.78 Å². The van der Waals surface area contributed by atoms with Gasteiger partial charge in [-0.2, -0.15) is 0 Å². The SMILES string of the molecule is COC(=O)C(NC(=O)C1CCN(C(=O)Cc2ccc3c(n2)NCCC3)C1)c1ccccc1. The van der Waals surface area contributed by atoms with Gasteiger partial charge in [0.1, 0.15) is 5.82 Å². The number of aromatic nitrogens is 1. The van der Waals surface area contributed by atoms with Gasteiger partial charge >= 0.3 is 5.97 Å². The second-order valence-electron chi connectivity index (χ2n) is 8.22. The number of esters is 1. The van der Waals surface area contributed by atoms with Crippen molar-refractivity contribution in [3.63, 3.8) is 0 Å². The zero-order valence-corrected chi connectivity index (χ0v) is 18.2. The molecule has 1 fully saturated rings. The summed E-state index contributed by atoms with van der Waals surface area (Å²) in [6, 6.07) is 12.1. The van der Waals surface area contributed by atoms with Crippen LogP contribution in [-0.4, -0.2) is 54.4 Å². The van der Waals surface area contributed by atoms with E-state index in [0.29, 0.717) is 25.1 Å². The molecule has 0 aliphatic carbocycles. The highest BCUT2D eigenvalue weighted by Gasteiger charge is 2.34. The number of anilines is 1. The van der Waals surface area contributed by atoms with E-state index in [2.05, 4.69) is 15.6 Å². The first-order chi connectivity index (χ1) is 15.5. The molecule has 2 amide bonds. The van der Waals surface area contributed by atoms with E-state index in [1.54, 1.807) is 29.2 Å². The third kappa shape index (κ3) is 4.90. The molecule has 3 heterocycles.